The van der Waals surface area contributed by atoms with Gasteiger partial charge in [-0.25, -0.2) is 4.79 Å². The van der Waals surface area contributed by atoms with Crippen LogP contribution in [0.5, 0.6) is 5.75 Å². The SMILES string of the molecule is CCOC(=O)C1(Nc2ccc(OC)cc2)CCCCC1C. The molecule has 0 aliphatic heterocycles. The van der Waals surface area contributed by atoms with E-state index in [1.807, 2.05) is 31.2 Å². The number of carbonyl (C=O) groups is 1. The Morgan fingerprint density at radius 3 is 2.62 bits per heavy atom. The molecule has 116 valence electrons. The summed E-state index contributed by atoms with van der Waals surface area (Å²) in [6, 6.07) is 7.69. The van der Waals surface area contributed by atoms with Gasteiger partial charge in [-0.05, 0) is 49.9 Å². The average molecular weight is 291 g/mol. The smallest absolute Gasteiger partial charge is 0.332 e. The van der Waals surface area contributed by atoms with Gasteiger partial charge in [0.15, 0.2) is 0 Å². The molecule has 1 aliphatic carbocycles. The highest BCUT2D eigenvalue weighted by Crippen LogP contribution is 2.37. The first kappa shape index (κ1) is 15.7. The minimum atomic E-state index is -0.608. The minimum Gasteiger partial charge on any atom is -0.497 e. The Hall–Kier alpha value is -1.71. The van der Waals surface area contributed by atoms with Gasteiger partial charge in [0.05, 0.1) is 13.7 Å². The Balaban J connectivity index is 2.24. The second-order valence-corrected chi connectivity index (χ2v) is 5.69. The Morgan fingerprint density at radius 1 is 1.33 bits per heavy atom. The molecule has 0 amide bonds. The van der Waals surface area contributed by atoms with Crippen molar-refractivity contribution in [2.75, 3.05) is 19.0 Å². The number of benzene rings is 1. The number of hydrogen-bond donors (Lipinski definition) is 1. The van der Waals surface area contributed by atoms with Crippen LogP contribution in [0.3, 0.4) is 0 Å². The molecular weight excluding hydrogens is 266 g/mol. The van der Waals surface area contributed by atoms with Crippen molar-refractivity contribution in [2.24, 2.45) is 5.92 Å². The van der Waals surface area contributed by atoms with E-state index < -0.39 is 5.54 Å². The van der Waals surface area contributed by atoms with E-state index in [1.54, 1.807) is 7.11 Å². The van der Waals surface area contributed by atoms with E-state index in [2.05, 4.69) is 12.2 Å². The number of nitrogens with one attached hydrogen (secondary N) is 1. The van der Waals surface area contributed by atoms with Gasteiger partial charge in [0.2, 0.25) is 0 Å². The van der Waals surface area contributed by atoms with Crippen LogP contribution >= 0.6 is 0 Å². The van der Waals surface area contributed by atoms with E-state index in [0.29, 0.717) is 6.61 Å². The van der Waals surface area contributed by atoms with E-state index >= 15 is 0 Å². The van der Waals surface area contributed by atoms with E-state index in [4.69, 9.17) is 9.47 Å². The largest absolute Gasteiger partial charge is 0.497 e. The lowest BCUT2D eigenvalue weighted by molar-refractivity contribution is -0.151. The van der Waals surface area contributed by atoms with Crippen LogP contribution < -0.4 is 10.1 Å². The van der Waals surface area contributed by atoms with Crippen LogP contribution in [0, 0.1) is 5.92 Å². The molecule has 1 aliphatic rings. The van der Waals surface area contributed by atoms with Crippen molar-refractivity contribution in [3.8, 4) is 5.75 Å². The molecule has 4 heteroatoms. The molecule has 0 bridgehead atoms. The predicted octanol–water partition coefficient (Wildman–Crippen LogP) is 3.62. The van der Waals surface area contributed by atoms with Crippen molar-refractivity contribution < 1.29 is 14.3 Å². The molecule has 2 unspecified atom stereocenters. The molecule has 0 aromatic heterocycles. The van der Waals surface area contributed by atoms with E-state index in [-0.39, 0.29) is 11.9 Å². The second-order valence-electron chi connectivity index (χ2n) is 5.69. The van der Waals surface area contributed by atoms with Gasteiger partial charge in [-0.2, -0.15) is 0 Å². The summed E-state index contributed by atoms with van der Waals surface area (Å²) in [6.07, 6.45) is 4.08. The normalized spacial score (nSPS) is 25.2. The molecule has 0 radical (unpaired) electrons. The summed E-state index contributed by atoms with van der Waals surface area (Å²) in [4.78, 5) is 12.5. The summed E-state index contributed by atoms with van der Waals surface area (Å²) in [5, 5.41) is 3.45. The molecule has 4 nitrogen and oxygen atoms in total. The van der Waals surface area contributed by atoms with Crippen LogP contribution in [0.1, 0.15) is 39.5 Å². The van der Waals surface area contributed by atoms with Crippen molar-refractivity contribution in [3.63, 3.8) is 0 Å². The summed E-state index contributed by atoms with van der Waals surface area (Å²) < 4.78 is 10.5. The zero-order valence-electron chi connectivity index (χ0n) is 13.1. The lowest BCUT2D eigenvalue weighted by Gasteiger charge is -2.41. The van der Waals surface area contributed by atoms with Gasteiger partial charge in [0.1, 0.15) is 11.3 Å². The summed E-state index contributed by atoms with van der Waals surface area (Å²) in [5.74, 6) is 0.933. The average Bonchev–Trinajstić information content (AvgIpc) is 2.50. The fourth-order valence-electron chi connectivity index (χ4n) is 3.08. The predicted molar refractivity (Wildman–Crippen MR) is 83.6 cm³/mol. The zero-order chi connectivity index (χ0) is 15.3. The summed E-state index contributed by atoms with van der Waals surface area (Å²) in [5.41, 5.74) is 0.320. The van der Waals surface area contributed by atoms with Gasteiger partial charge in [-0.3, -0.25) is 0 Å². The highest BCUT2D eigenvalue weighted by atomic mass is 16.5. The monoisotopic (exact) mass is 291 g/mol. The Kier molecular flexibility index (Phi) is 5.10. The molecule has 1 fully saturated rings. The third kappa shape index (κ3) is 3.31. The highest BCUT2D eigenvalue weighted by molar-refractivity contribution is 5.85. The maximum Gasteiger partial charge on any atom is 0.332 e. The lowest BCUT2D eigenvalue weighted by atomic mass is 9.73. The van der Waals surface area contributed by atoms with Gasteiger partial charge < -0.3 is 14.8 Å². The highest BCUT2D eigenvalue weighted by Gasteiger charge is 2.46. The van der Waals surface area contributed by atoms with Gasteiger partial charge in [0.25, 0.3) is 0 Å². The topological polar surface area (TPSA) is 47.6 Å². The first-order chi connectivity index (χ1) is 10.1. The van der Waals surface area contributed by atoms with Crippen LogP contribution in [0.2, 0.25) is 0 Å². The Labute approximate surface area is 126 Å². The molecule has 0 spiro atoms. The van der Waals surface area contributed by atoms with E-state index in [1.165, 1.54) is 6.42 Å². The molecule has 0 heterocycles. The molecule has 2 rings (SSSR count). The zero-order valence-corrected chi connectivity index (χ0v) is 13.1. The van der Waals surface area contributed by atoms with Crippen LogP contribution in [-0.4, -0.2) is 25.2 Å². The molecule has 1 N–H and O–H groups in total. The van der Waals surface area contributed by atoms with E-state index in [9.17, 15) is 4.79 Å². The van der Waals surface area contributed by atoms with Crippen molar-refractivity contribution in [1.29, 1.82) is 0 Å². The van der Waals surface area contributed by atoms with Crippen LogP contribution in [0.15, 0.2) is 24.3 Å². The minimum absolute atomic E-state index is 0.131. The van der Waals surface area contributed by atoms with Crippen molar-refractivity contribution >= 4 is 11.7 Å². The number of hydrogen-bond acceptors (Lipinski definition) is 4. The quantitative estimate of drug-likeness (QED) is 0.842. The fourth-order valence-corrected chi connectivity index (χ4v) is 3.08. The van der Waals surface area contributed by atoms with Gasteiger partial charge in [-0.1, -0.05) is 19.8 Å². The third-order valence-electron chi connectivity index (χ3n) is 4.40. The van der Waals surface area contributed by atoms with Gasteiger partial charge >= 0.3 is 5.97 Å². The maximum atomic E-state index is 12.5. The molecule has 21 heavy (non-hydrogen) atoms. The lowest BCUT2D eigenvalue weighted by Crippen LogP contribution is -2.54. The summed E-state index contributed by atoms with van der Waals surface area (Å²) in [7, 11) is 1.64. The molecule has 1 aromatic rings. The summed E-state index contributed by atoms with van der Waals surface area (Å²) in [6.45, 7) is 4.40. The molecule has 1 aromatic carbocycles. The first-order valence-corrected chi connectivity index (χ1v) is 7.72. The summed E-state index contributed by atoms with van der Waals surface area (Å²) >= 11 is 0. The standard InChI is InChI=1S/C17H25NO3/c1-4-21-16(19)17(12-6-5-7-13(17)2)18-14-8-10-15(20-3)11-9-14/h8-11,13,18H,4-7,12H2,1-3H3. The number of ether oxygens (including phenoxy) is 2. The first-order valence-electron chi connectivity index (χ1n) is 7.72. The van der Waals surface area contributed by atoms with Crippen molar-refractivity contribution in [3.05, 3.63) is 24.3 Å². The van der Waals surface area contributed by atoms with E-state index in [0.717, 1.165) is 30.7 Å². The van der Waals surface area contributed by atoms with Crippen LogP contribution in [0.25, 0.3) is 0 Å². The Morgan fingerprint density at radius 2 is 2.05 bits per heavy atom. The third-order valence-corrected chi connectivity index (χ3v) is 4.40. The fraction of sp³-hybridized carbons (Fsp3) is 0.588. The number of methoxy groups -OCH3 is 1. The Bertz CT molecular complexity index is 471. The molecular formula is C17H25NO3. The number of carbonyl (C=O) groups excluding carboxylic acids is 1. The number of rotatable bonds is 5. The van der Waals surface area contributed by atoms with Crippen molar-refractivity contribution in [1.82, 2.24) is 0 Å². The van der Waals surface area contributed by atoms with Gasteiger partial charge in [-0.15, -0.1) is 0 Å². The second kappa shape index (κ2) is 6.83. The van der Waals surface area contributed by atoms with Crippen LogP contribution in [0.4, 0.5) is 5.69 Å². The van der Waals surface area contributed by atoms with Gasteiger partial charge in [0, 0.05) is 5.69 Å². The van der Waals surface area contributed by atoms with Crippen molar-refractivity contribution in [2.45, 2.75) is 45.1 Å². The van der Waals surface area contributed by atoms with Crippen LogP contribution in [-0.2, 0) is 9.53 Å². The molecule has 0 saturated heterocycles. The molecule has 2 atom stereocenters. The molecule has 1 saturated carbocycles. The number of anilines is 1. The number of esters is 1. The maximum absolute atomic E-state index is 12.5.